The number of benzene rings is 1. The van der Waals surface area contributed by atoms with Crippen LogP contribution < -0.4 is 20.7 Å². The molecule has 32 heavy (non-hydrogen) atoms. The Bertz CT molecular complexity index is 961. The minimum atomic E-state index is -0.552. The summed E-state index contributed by atoms with van der Waals surface area (Å²) >= 11 is 0. The monoisotopic (exact) mass is 665 g/mol. The number of ether oxygens (including phenoxy) is 1. The van der Waals surface area contributed by atoms with Gasteiger partial charge in [0.05, 0.1) is 18.5 Å². The Kier molecular flexibility index (Phi) is 11.4. The van der Waals surface area contributed by atoms with Gasteiger partial charge in [-0.15, -0.1) is 6.54 Å². The maximum Gasteiger partial charge on any atom is 2.00 e. The Hall–Kier alpha value is -1.86. The standard InChI is InChI=1S/C21H30N7O2.CH3.U/c1-5-22-11-12-30-16-9-7-15(8-10-16)24-18-17-19(28(6-2)14-23-17)26-20(25-18)27-21(3,4)13-29;;/h7-10,14,22,29H,1,5-6,11-13H2,2-4H3,(H2,24,25,26,27);1H3;/q2*-1;+2. The van der Waals surface area contributed by atoms with Crippen LogP contribution >= 0.6 is 0 Å². The van der Waals surface area contributed by atoms with Gasteiger partial charge in [0, 0.05) is 18.8 Å². The summed E-state index contributed by atoms with van der Waals surface area (Å²) in [5.41, 5.74) is 1.72. The van der Waals surface area contributed by atoms with Crippen molar-refractivity contribution in [2.24, 2.45) is 0 Å². The van der Waals surface area contributed by atoms with Gasteiger partial charge < -0.3 is 44.7 Å². The summed E-state index contributed by atoms with van der Waals surface area (Å²) < 4.78 is 7.65. The Morgan fingerprint density at radius 1 is 1.19 bits per heavy atom. The molecule has 0 saturated carbocycles. The maximum atomic E-state index is 9.58. The van der Waals surface area contributed by atoms with Crippen LogP contribution in [0.3, 0.4) is 0 Å². The predicted molar refractivity (Wildman–Crippen MR) is 126 cm³/mol. The van der Waals surface area contributed by atoms with E-state index in [4.69, 9.17) is 4.74 Å². The normalized spacial score (nSPS) is 10.9. The van der Waals surface area contributed by atoms with Gasteiger partial charge in [-0.05, 0) is 45.0 Å². The van der Waals surface area contributed by atoms with Crippen LogP contribution in [0, 0.1) is 45.5 Å². The van der Waals surface area contributed by atoms with Crippen LogP contribution in [0.4, 0.5) is 17.5 Å². The van der Waals surface area contributed by atoms with Gasteiger partial charge in [0.15, 0.2) is 17.0 Å². The van der Waals surface area contributed by atoms with E-state index >= 15 is 0 Å². The third kappa shape index (κ3) is 7.34. The first kappa shape index (κ1) is 28.2. The van der Waals surface area contributed by atoms with Crippen molar-refractivity contribution in [3.05, 3.63) is 44.9 Å². The first-order valence-corrected chi connectivity index (χ1v) is 10.1. The molecule has 1 aromatic carbocycles. The molecular weight excluding hydrogens is 632 g/mol. The van der Waals surface area contributed by atoms with E-state index in [0.29, 0.717) is 30.4 Å². The molecule has 0 fully saturated rings. The molecule has 2 aromatic heterocycles. The van der Waals surface area contributed by atoms with Crippen molar-refractivity contribution < 1.29 is 41.0 Å². The van der Waals surface area contributed by atoms with Crippen LogP contribution in [0.2, 0.25) is 0 Å². The molecule has 0 radical (unpaired) electrons. The second-order valence-corrected chi connectivity index (χ2v) is 7.51. The summed E-state index contributed by atoms with van der Waals surface area (Å²) in [6.45, 7) is 12.2. The minimum absolute atomic E-state index is 0. The number of hydrogen-bond acceptors (Lipinski definition) is 8. The topological polar surface area (TPSA) is 109 Å². The van der Waals surface area contributed by atoms with Crippen molar-refractivity contribution in [3.63, 3.8) is 0 Å². The Labute approximate surface area is 214 Å². The molecule has 172 valence electrons. The molecule has 0 unspecified atom stereocenters. The fourth-order valence-electron chi connectivity index (χ4n) is 2.80. The second kappa shape index (κ2) is 13.0. The number of aryl methyl sites for hydroxylation is 1. The number of aromatic nitrogens is 4. The Balaban J connectivity index is 0.00000256. The maximum absolute atomic E-state index is 9.58. The number of aliphatic hydroxyl groups excluding tert-OH is 1. The zero-order chi connectivity index (χ0) is 21.6. The second-order valence-electron chi connectivity index (χ2n) is 7.51. The average molecular weight is 666 g/mol. The van der Waals surface area contributed by atoms with E-state index in [-0.39, 0.29) is 45.1 Å². The van der Waals surface area contributed by atoms with Crippen molar-refractivity contribution in [3.8, 4) is 5.75 Å². The molecule has 0 amide bonds. The first-order chi connectivity index (χ1) is 14.5. The summed E-state index contributed by atoms with van der Waals surface area (Å²) in [6.07, 6.45) is 1.75. The summed E-state index contributed by atoms with van der Waals surface area (Å²) in [5.74, 6) is 1.82. The van der Waals surface area contributed by atoms with Crippen LogP contribution in [0.15, 0.2) is 30.6 Å². The van der Waals surface area contributed by atoms with Crippen LogP contribution in [-0.2, 0) is 6.54 Å². The number of aliphatic hydroxyl groups is 1. The molecule has 0 spiro atoms. The van der Waals surface area contributed by atoms with Crippen molar-refractivity contribution in [2.75, 3.05) is 36.9 Å². The quantitative estimate of drug-likeness (QED) is 0.183. The van der Waals surface area contributed by atoms with E-state index in [1.165, 1.54) is 0 Å². The summed E-state index contributed by atoms with van der Waals surface area (Å²) in [6, 6.07) is 7.67. The van der Waals surface area contributed by atoms with E-state index < -0.39 is 5.54 Å². The fraction of sp³-hybridized carbons (Fsp3) is 0.409. The van der Waals surface area contributed by atoms with Gasteiger partial charge >= 0.3 is 31.1 Å². The number of nitrogens with one attached hydrogen (secondary N) is 3. The summed E-state index contributed by atoms with van der Waals surface area (Å²) in [4.78, 5) is 13.7. The Morgan fingerprint density at radius 3 is 2.53 bits per heavy atom. The van der Waals surface area contributed by atoms with Gasteiger partial charge in [0.2, 0.25) is 5.95 Å². The number of rotatable bonds is 11. The molecule has 4 N–H and O–H groups in total. The van der Waals surface area contributed by atoms with Gasteiger partial charge in [-0.1, -0.05) is 0 Å². The van der Waals surface area contributed by atoms with Gasteiger partial charge in [-0.2, -0.15) is 9.97 Å². The van der Waals surface area contributed by atoms with Crippen molar-refractivity contribution in [1.29, 1.82) is 0 Å². The van der Waals surface area contributed by atoms with Crippen molar-refractivity contribution >= 4 is 28.6 Å². The third-order valence-corrected chi connectivity index (χ3v) is 4.49. The van der Waals surface area contributed by atoms with E-state index in [0.717, 1.165) is 30.2 Å². The Morgan fingerprint density at radius 2 is 1.91 bits per heavy atom. The molecule has 3 aromatic rings. The average Bonchev–Trinajstić information content (AvgIpc) is 3.15. The molecule has 2 heterocycles. The van der Waals surface area contributed by atoms with Gasteiger partial charge in [0.1, 0.15) is 12.4 Å². The number of nitrogens with zero attached hydrogens (tertiary/aromatic N) is 4. The van der Waals surface area contributed by atoms with Crippen LogP contribution in [0.25, 0.3) is 11.2 Å². The van der Waals surface area contributed by atoms with Crippen LogP contribution in [-0.4, -0.2) is 56.5 Å². The van der Waals surface area contributed by atoms with Gasteiger partial charge in [-0.3, -0.25) is 0 Å². The fourth-order valence-corrected chi connectivity index (χ4v) is 2.80. The van der Waals surface area contributed by atoms with Crippen molar-refractivity contribution in [2.45, 2.75) is 32.9 Å². The number of anilines is 3. The van der Waals surface area contributed by atoms with Crippen LogP contribution in [0.5, 0.6) is 5.75 Å². The molecule has 9 nitrogen and oxygen atoms in total. The van der Waals surface area contributed by atoms with E-state index in [1.54, 1.807) is 6.33 Å². The zero-order valence-corrected chi connectivity index (χ0v) is 23.4. The molecule has 0 saturated heterocycles. The van der Waals surface area contributed by atoms with Gasteiger partial charge in [-0.25, -0.2) is 4.98 Å². The number of fused-ring (bicyclic) bond motifs is 1. The molecule has 0 aliphatic rings. The first-order valence-electron chi connectivity index (χ1n) is 10.1. The van der Waals surface area contributed by atoms with E-state index in [2.05, 4.69) is 37.8 Å². The summed E-state index contributed by atoms with van der Waals surface area (Å²) in [5, 5.41) is 19.2. The molecule has 3 rings (SSSR count). The molecule has 0 atom stereocenters. The zero-order valence-electron chi connectivity index (χ0n) is 19.3. The molecule has 0 bridgehead atoms. The van der Waals surface area contributed by atoms with E-state index in [9.17, 15) is 5.11 Å². The largest absolute Gasteiger partial charge is 2.00 e. The minimum Gasteiger partial charge on any atom is -0.492 e. The molecular formula is C22H33N7O2U. The third-order valence-electron chi connectivity index (χ3n) is 4.49. The number of hydrogen-bond donors (Lipinski definition) is 4. The predicted octanol–water partition coefficient (Wildman–Crippen LogP) is 3.03. The van der Waals surface area contributed by atoms with E-state index in [1.807, 2.05) is 49.6 Å². The molecule has 0 aliphatic carbocycles. The van der Waals surface area contributed by atoms with Crippen LogP contribution in [0.1, 0.15) is 20.8 Å². The smallest absolute Gasteiger partial charge is 0.492 e. The van der Waals surface area contributed by atoms with Gasteiger partial charge in [0.25, 0.3) is 0 Å². The summed E-state index contributed by atoms with van der Waals surface area (Å²) in [7, 11) is 0. The van der Waals surface area contributed by atoms with Crippen molar-refractivity contribution in [1.82, 2.24) is 24.8 Å². The number of imidazole rings is 1. The molecule has 10 heteroatoms. The molecule has 0 aliphatic heterocycles. The SMILES string of the molecule is [CH2-]CNCCOc1ccc(Nc2nc(NC(C)(C)CO)nc3c2ncn3CC)cc1.[CH3-].[U+2].